The van der Waals surface area contributed by atoms with Gasteiger partial charge < -0.3 is 15.4 Å². The van der Waals surface area contributed by atoms with Gasteiger partial charge in [0.15, 0.2) is 5.69 Å². The van der Waals surface area contributed by atoms with E-state index < -0.39 is 5.91 Å². The first-order chi connectivity index (χ1) is 18.0. The molecule has 0 aliphatic carbocycles. The number of halogens is 1. The van der Waals surface area contributed by atoms with Crippen LogP contribution in [0.1, 0.15) is 41.2 Å². The highest BCUT2D eigenvalue weighted by molar-refractivity contribution is 6.30. The van der Waals surface area contributed by atoms with Crippen LogP contribution in [0.5, 0.6) is 5.75 Å². The topological polar surface area (TPSA) is 151 Å². The molecule has 13 heteroatoms. The Morgan fingerprint density at radius 1 is 1.22 bits per heavy atom. The van der Waals surface area contributed by atoms with E-state index in [0.29, 0.717) is 29.6 Å². The normalized spacial score (nSPS) is 11.4. The lowest BCUT2D eigenvalue weighted by atomic mass is 10.2. The van der Waals surface area contributed by atoms with Gasteiger partial charge in [-0.2, -0.15) is 9.78 Å². The van der Waals surface area contributed by atoms with Gasteiger partial charge in [-0.15, -0.1) is 5.10 Å². The monoisotopic (exact) mass is 524 g/mol. The summed E-state index contributed by atoms with van der Waals surface area (Å²) in [7, 11) is 0. The van der Waals surface area contributed by atoms with Crippen LogP contribution in [0.15, 0.2) is 58.3 Å². The Morgan fingerprint density at radius 2 is 2.03 bits per heavy atom. The molecule has 0 saturated carbocycles. The number of carbonyl (C=O) groups excluding carboxylic acids is 1. The predicted octanol–water partition coefficient (Wildman–Crippen LogP) is 1.65. The van der Waals surface area contributed by atoms with E-state index >= 15 is 0 Å². The number of benzene rings is 2. The van der Waals surface area contributed by atoms with Crippen molar-refractivity contribution in [3.8, 4) is 11.6 Å². The van der Waals surface area contributed by atoms with E-state index in [1.54, 1.807) is 0 Å². The number of aromatic nitrogens is 5. The molecule has 12 nitrogen and oxygen atoms in total. The van der Waals surface area contributed by atoms with Crippen molar-refractivity contribution in [3.05, 3.63) is 76.1 Å². The third kappa shape index (κ3) is 6.48. The number of nitrogens with two attached hydrogens (primary N) is 1. The van der Waals surface area contributed by atoms with Gasteiger partial charge in [-0.3, -0.25) is 4.79 Å². The number of nitrogens with one attached hydrogen (secondary N) is 2. The second kappa shape index (κ2) is 12.1. The average Bonchev–Trinajstić information content (AvgIpc) is 3.51. The van der Waals surface area contributed by atoms with E-state index in [1.807, 2.05) is 48.5 Å². The lowest BCUT2D eigenvalue weighted by Crippen LogP contribution is -3.10. The largest absolute Gasteiger partial charge is 0.489 e. The number of carbonyl (C=O) groups is 1. The fourth-order valence-electron chi connectivity index (χ4n) is 3.58. The summed E-state index contributed by atoms with van der Waals surface area (Å²) in [4.78, 5) is 14.2. The first-order valence-electron chi connectivity index (χ1n) is 11.7. The molecule has 0 unspecified atom stereocenters. The molecule has 37 heavy (non-hydrogen) atoms. The molecule has 0 saturated heterocycles. The zero-order valence-corrected chi connectivity index (χ0v) is 21.1. The van der Waals surface area contributed by atoms with Gasteiger partial charge in [0.25, 0.3) is 5.91 Å². The summed E-state index contributed by atoms with van der Waals surface area (Å²) in [6.45, 7) is 6.61. The van der Waals surface area contributed by atoms with E-state index in [2.05, 4.69) is 45.0 Å². The van der Waals surface area contributed by atoms with Crippen LogP contribution in [0.4, 0.5) is 5.82 Å². The summed E-state index contributed by atoms with van der Waals surface area (Å²) in [5.41, 5.74) is 10.7. The average molecular weight is 525 g/mol. The van der Waals surface area contributed by atoms with E-state index in [0.717, 1.165) is 24.2 Å². The minimum absolute atomic E-state index is 0.0446. The standard InChI is InChI=1S/C24H26ClN9O3/c1-3-33(4-2)14-20-21(28-32-34(20)23-22(26)30-37-31-23)24(35)29-27-13-16-7-6-10-19(12-16)36-15-17-8-5-9-18(25)11-17/h5-13H,3-4,14-15H2,1-2H3,(H2,26,30)(H,29,35)/p+1/b27-13-. The number of hydrazone groups is 1. The van der Waals surface area contributed by atoms with Crippen molar-refractivity contribution in [2.24, 2.45) is 5.10 Å². The molecule has 4 rings (SSSR count). The number of nitrogens with zero attached hydrogens (tertiary/aromatic N) is 6. The number of amides is 1. The number of nitrogen functional groups attached to an aromatic ring is 1. The molecule has 192 valence electrons. The molecule has 2 aromatic carbocycles. The minimum atomic E-state index is -0.521. The highest BCUT2D eigenvalue weighted by Gasteiger charge is 2.26. The highest BCUT2D eigenvalue weighted by Crippen LogP contribution is 2.17. The number of quaternary nitrogens is 1. The Bertz CT molecular complexity index is 1380. The molecule has 2 heterocycles. The fraction of sp³-hybridized carbons (Fsp3) is 0.250. The van der Waals surface area contributed by atoms with Gasteiger partial charge >= 0.3 is 0 Å². The van der Waals surface area contributed by atoms with Crippen LogP contribution in [0.25, 0.3) is 5.82 Å². The molecule has 4 N–H and O–H groups in total. The van der Waals surface area contributed by atoms with Gasteiger partial charge in [0.2, 0.25) is 11.6 Å². The number of ether oxygens (including phenoxy) is 1. The molecule has 0 radical (unpaired) electrons. The van der Waals surface area contributed by atoms with Crippen LogP contribution in [-0.2, 0) is 13.2 Å². The van der Waals surface area contributed by atoms with Crippen molar-refractivity contribution in [1.29, 1.82) is 0 Å². The van der Waals surface area contributed by atoms with Crippen LogP contribution >= 0.6 is 11.6 Å². The first kappa shape index (κ1) is 25.8. The van der Waals surface area contributed by atoms with Crippen molar-refractivity contribution in [3.63, 3.8) is 0 Å². The quantitative estimate of drug-likeness (QED) is 0.198. The first-order valence-corrected chi connectivity index (χ1v) is 12.0. The van der Waals surface area contributed by atoms with Crippen LogP contribution < -0.4 is 20.8 Å². The zero-order chi connectivity index (χ0) is 26.2. The molecule has 0 bridgehead atoms. The molecule has 0 atom stereocenters. The molecule has 0 aliphatic rings. The third-order valence-corrected chi connectivity index (χ3v) is 5.86. The van der Waals surface area contributed by atoms with Crippen LogP contribution in [0.2, 0.25) is 5.02 Å². The molecular formula is C24H27ClN9O3+. The maximum Gasteiger partial charge on any atom is 0.294 e. The predicted molar refractivity (Wildman–Crippen MR) is 137 cm³/mol. The Balaban J connectivity index is 1.46. The van der Waals surface area contributed by atoms with E-state index in [-0.39, 0.29) is 17.3 Å². The van der Waals surface area contributed by atoms with Crippen molar-refractivity contribution in [1.82, 2.24) is 30.7 Å². The maximum absolute atomic E-state index is 13.0. The Labute approximate surface area is 218 Å². The van der Waals surface area contributed by atoms with Gasteiger partial charge in [0.1, 0.15) is 24.6 Å². The molecule has 2 aromatic heterocycles. The molecule has 0 spiro atoms. The van der Waals surface area contributed by atoms with Crippen LogP contribution in [-0.4, -0.2) is 50.5 Å². The van der Waals surface area contributed by atoms with E-state index in [9.17, 15) is 4.79 Å². The molecule has 1 amide bonds. The van der Waals surface area contributed by atoms with E-state index in [1.165, 1.54) is 15.8 Å². The number of rotatable bonds is 11. The lowest BCUT2D eigenvalue weighted by molar-refractivity contribution is -0.910. The summed E-state index contributed by atoms with van der Waals surface area (Å²) in [6.07, 6.45) is 1.52. The summed E-state index contributed by atoms with van der Waals surface area (Å²) < 4.78 is 11.9. The lowest BCUT2D eigenvalue weighted by Gasteiger charge is -2.15. The highest BCUT2D eigenvalue weighted by atomic mass is 35.5. The fourth-order valence-corrected chi connectivity index (χ4v) is 3.79. The van der Waals surface area contributed by atoms with Gasteiger partial charge in [-0.25, -0.2) is 10.1 Å². The molecule has 0 fully saturated rings. The second-order valence-corrected chi connectivity index (χ2v) is 8.53. The van der Waals surface area contributed by atoms with Crippen molar-refractivity contribution >= 4 is 29.5 Å². The SMILES string of the molecule is CC[NH+](CC)Cc1c(C(=O)N/N=C\c2cccc(OCc3cccc(Cl)c3)c2)nnn1-c1nonc1N. The third-order valence-electron chi connectivity index (χ3n) is 5.62. The summed E-state index contributed by atoms with van der Waals surface area (Å²) in [5.74, 6) is 0.350. The Kier molecular flexibility index (Phi) is 8.44. The summed E-state index contributed by atoms with van der Waals surface area (Å²) in [5, 5.41) is 20.2. The van der Waals surface area contributed by atoms with Gasteiger partial charge in [0.05, 0.1) is 19.3 Å². The van der Waals surface area contributed by atoms with Gasteiger partial charge in [0, 0.05) is 5.02 Å². The summed E-state index contributed by atoms with van der Waals surface area (Å²) in [6, 6.07) is 14.8. The van der Waals surface area contributed by atoms with Crippen molar-refractivity contribution in [2.75, 3.05) is 18.8 Å². The van der Waals surface area contributed by atoms with Crippen LogP contribution in [0.3, 0.4) is 0 Å². The Morgan fingerprint density at radius 3 is 2.76 bits per heavy atom. The van der Waals surface area contributed by atoms with Crippen molar-refractivity contribution in [2.45, 2.75) is 27.0 Å². The number of anilines is 1. The minimum Gasteiger partial charge on any atom is -0.489 e. The van der Waals surface area contributed by atoms with Crippen LogP contribution in [0, 0.1) is 0 Å². The molecular weight excluding hydrogens is 498 g/mol. The molecule has 4 aromatic rings. The second-order valence-electron chi connectivity index (χ2n) is 8.09. The van der Waals surface area contributed by atoms with Crippen molar-refractivity contribution < 1.29 is 19.1 Å². The number of hydrogen-bond donors (Lipinski definition) is 3. The van der Waals surface area contributed by atoms with Gasteiger partial charge in [-0.1, -0.05) is 41.1 Å². The maximum atomic E-state index is 13.0. The summed E-state index contributed by atoms with van der Waals surface area (Å²) >= 11 is 6.03. The number of hydrogen-bond acceptors (Lipinski definition) is 9. The van der Waals surface area contributed by atoms with E-state index in [4.69, 9.17) is 26.7 Å². The van der Waals surface area contributed by atoms with Gasteiger partial charge in [-0.05, 0) is 59.6 Å². The smallest absolute Gasteiger partial charge is 0.294 e. The Hall–Kier alpha value is -4.29. The molecule has 0 aliphatic heterocycles. The zero-order valence-electron chi connectivity index (χ0n) is 20.4.